The number of rotatable bonds is 6. The maximum atomic E-state index is 14.9. The quantitative estimate of drug-likeness (QED) is 0.368. The molecule has 176 valence electrons. The molecule has 10 heteroatoms. The zero-order valence-corrected chi connectivity index (χ0v) is 19.3. The number of carbonyl (C=O) groups is 2. The molecule has 8 nitrogen and oxygen atoms in total. The maximum Gasteiger partial charge on any atom is 0.414 e. The number of ether oxygens (including phenoxy) is 2. The molecule has 34 heavy (non-hydrogen) atoms. The van der Waals surface area contributed by atoms with Crippen LogP contribution in [-0.4, -0.2) is 42.9 Å². The Kier molecular flexibility index (Phi) is 8.16. The summed E-state index contributed by atoms with van der Waals surface area (Å²) in [6.07, 6.45) is -1.01. The lowest BCUT2D eigenvalue weighted by Crippen LogP contribution is -2.32. The van der Waals surface area contributed by atoms with Gasteiger partial charge in [-0.1, -0.05) is 24.2 Å². The van der Waals surface area contributed by atoms with Crippen LogP contribution in [0.25, 0.3) is 0 Å². The van der Waals surface area contributed by atoms with E-state index in [0.717, 1.165) is 0 Å². The molecular formula is C24H22FN3O5S. The van der Waals surface area contributed by atoms with Crippen molar-refractivity contribution in [2.24, 2.45) is 0 Å². The number of nitrogens with one attached hydrogen (secondary N) is 2. The summed E-state index contributed by atoms with van der Waals surface area (Å²) in [4.78, 5) is 38.0. The van der Waals surface area contributed by atoms with E-state index < -0.39 is 29.4 Å². The summed E-state index contributed by atoms with van der Waals surface area (Å²) in [7, 11) is 0. The van der Waals surface area contributed by atoms with Gasteiger partial charge < -0.3 is 20.1 Å². The molecule has 1 amide bonds. The van der Waals surface area contributed by atoms with Crippen LogP contribution in [0.15, 0.2) is 47.3 Å². The fourth-order valence-electron chi connectivity index (χ4n) is 3.08. The van der Waals surface area contributed by atoms with Crippen molar-refractivity contribution in [3.05, 3.63) is 64.1 Å². The highest BCUT2D eigenvalue weighted by Gasteiger charge is 2.32. The summed E-state index contributed by atoms with van der Waals surface area (Å²) in [5.41, 5.74) is 0.364. The minimum absolute atomic E-state index is 0.0264. The third-order valence-corrected chi connectivity index (χ3v) is 4.80. The Labute approximate surface area is 201 Å². The van der Waals surface area contributed by atoms with Crippen molar-refractivity contribution in [3.63, 3.8) is 0 Å². The molecule has 0 saturated carbocycles. The van der Waals surface area contributed by atoms with Crippen LogP contribution in [0.3, 0.4) is 0 Å². The summed E-state index contributed by atoms with van der Waals surface area (Å²) >= 11 is 4.96. The van der Waals surface area contributed by atoms with E-state index in [1.165, 1.54) is 35.2 Å². The first-order valence-corrected chi connectivity index (χ1v) is 10.8. The van der Waals surface area contributed by atoms with Crippen molar-refractivity contribution in [2.75, 3.05) is 29.9 Å². The van der Waals surface area contributed by atoms with E-state index in [2.05, 4.69) is 22.5 Å². The van der Waals surface area contributed by atoms with Gasteiger partial charge in [-0.05, 0) is 50.2 Å². The molecule has 1 fully saturated rings. The number of esters is 1. The van der Waals surface area contributed by atoms with E-state index >= 15 is 0 Å². The van der Waals surface area contributed by atoms with Crippen molar-refractivity contribution >= 4 is 46.3 Å². The summed E-state index contributed by atoms with van der Waals surface area (Å²) < 4.78 is 24.9. The van der Waals surface area contributed by atoms with Gasteiger partial charge in [-0.15, -0.1) is 0 Å². The predicted octanol–water partition coefficient (Wildman–Crippen LogP) is 3.11. The Balaban J connectivity index is 1.78. The Hall–Kier alpha value is -3.97. The van der Waals surface area contributed by atoms with Crippen LogP contribution in [0.2, 0.25) is 0 Å². The summed E-state index contributed by atoms with van der Waals surface area (Å²) in [6, 6.07) is 9.88. The molecule has 1 atom stereocenters. The molecular weight excluding hydrogens is 461 g/mol. The van der Waals surface area contributed by atoms with Crippen molar-refractivity contribution < 1.29 is 23.5 Å². The summed E-state index contributed by atoms with van der Waals surface area (Å²) in [5, 5.41) is 5.69. The van der Waals surface area contributed by atoms with Gasteiger partial charge in [-0.3, -0.25) is 9.69 Å². The maximum absolute atomic E-state index is 14.9. The van der Waals surface area contributed by atoms with E-state index in [-0.39, 0.29) is 24.5 Å². The number of anilines is 3. The normalized spacial score (nSPS) is 14.5. The molecule has 1 saturated heterocycles. The second kappa shape index (κ2) is 11.2. The number of hydrogen-bond acceptors (Lipinski definition) is 7. The van der Waals surface area contributed by atoms with Crippen LogP contribution >= 0.6 is 12.2 Å². The number of carbonyl (C=O) groups excluding carboxylic acids is 2. The van der Waals surface area contributed by atoms with E-state index in [4.69, 9.17) is 21.7 Å². The van der Waals surface area contributed by atoms with Gasteiger partial charge >= 0.3 is 12.1 Å². The molecule has 3 rings (SSSR count). The van der Waals surface area contributed by atoms with Crippen LogP contribution in [-0.2, 0) is 14.3 Å². The van der Waals surface area contributed by atoms with Gasteiger partial charge in [-0.2, -0.15) is 0 Å². The van der Waals surface area contributed by atoms with Crippen LogP contribution in [0.5, 0.6) is 0 Å². The molecule has 1 aliphatic rings. The summed E-state index contributed by atoms with van der Waals surface area (Å²) in [6.45, 7) is 4.18. The van der Waals surface area contributed by atoms with Gasteiger partial charge in [0.15, 0.2) is 0 Å². The molecule has 0 bridgehead atoms. The molecule has 0 unspecified atom stereocenters. The van der Waals surface area contributed by atoms with Gasteiger partial charge in [0, 0.05) is 11.5 Å². The van der Waals surface area contributed by atoms with E-state index in [1.807, 2.05) is 0 Å². The van der Waals surface area contributed by atoms with Crippen molar-refractivity contribution in [3.8, 4) is 11.8 Å². The molecule has 0 aromatic heterocycles. The number of cyclic esters (lactones) is 1. The molecule has 0 radical (unpaired) electrons. The molecule has 2 aromatic carbocycles. The first kappa shape index (κ1) is 24.7. The van der Waals surface area contributed by atoms with Crippen LogP contribution in [0, 0.1) is 17.7 Å². The SMILES string of the molecule is CCOC(=O)C#Cc1cccc(=O)c(Nc2ccc(N3C[C@H](CNC(C)=S)OC3=O)cc2F)c1. The number of amides is 1. The van der Waals surface area contributed by atoms with Gasteiger partial charge in [0.25, 0.3) is 0 Å². The zero-order chi connectivity index (χ0) is 24.7. The Morgan fingerprint density at radius 1 is 1.26 bits per heavy atom. The van der Waals surface area contributed by atoms with Crippen molar-refractivity contribution in [1.82, 2.24) is 5.32 Å². The molecule has 1 aliphatic heterocycles. The van der Waals surface area contributed by atoms with E-state index in [1.54, 1.807) is 26.0 Å². The molecule has 2 N–H and O–H groups in total. The lowest BCUT2D eigenvalue weighted by Gasteiger charge is -2.15. The average molecular weight is 484 g/mol. The Bertz CT molecular complexity index is 1240. The standard InChI is InChI=1S/C24H22FN3O5S/c1-3-32-23(30)10-7-16-5-4-6-22(29)21(11-16)27-20-9-8-17(12-19(20)25)28-14-18(33-24(28)31)13-26-15(2)34/h4-6,8-9,11-12,18H,3,13-14H2,1-2H3,(H,26,34)(H,27,29)/t18-/m0/s1. The smallest absolute Gasteiger partial charge is 0.414 e. The minimum Gasteiger partial charge on any atom is -0.456 e. The number of hydrogen-bond donors (Lipinski definition) is 2. The third-order valence-electron chi connectivity index (χ3n) is 4.66. The topological polar surface area (TPSA) is 97.0 Å². The molecule has 2 aromatic rings. The van der Waals surface area contributed by atoms with Gasteiger partial charge in [0.1, 0.15) is 11.9 Å². The van der Waals surface area contributed by atoms with Gasteiger partial charge in [-0.25, -0.2) is 14.0 Å². The number of nitrogens with zero attached hydrogens (tertiary/aromatic N) is 1. The third kappa shape index (κ3) is 6.52. The van der Waals surface area contributed by atoms with Crippen molar-refractivity contribution in [1.29, 1.82) is 0 Å². The van der Waals surface area contributed by atoms with Crippen LogP contribution in [0.1, 0.15) is 19.4 Å². The highest BCUT2D eigenvalue weighted by Crippen LogP contribution is 2.27. The first-order valence-electron chi connectivity index (χ1n) is 10.4. The number of thiocarbonyl (C=S) groups is 1. The zero-order valence-electron chi connectivity index (χ0n) is 18.5. The molecule has 0 spiro atoms. The Morgan fingerprint density at radius 2 is 2.06 bits per heavy atom. The van der Waals surface area contributed by atoms with Gasteiger partial charge in [0.05, 0.1) is 41.7 Å². The highest BCUT2D eigenvalue weighted by molar-refractivity contribution is 7.80. The van der Waals surface area contributed by atoms with Crippen LogP contribution < -0.4 is 21.0 Å². The summed E-state index contributed by atoms with van der Waals surface area (Å²) in [5.74, 6) is 3.58. The predicted molar refractivity (Wildman–Crippen MR) is 130 cm³/mol. The van der Waals surface area contributed by atoms with Gasteiger partial charge in [0.2, 0.25) is 5.43 Å². The molecule has 1 heterocycles. The number of halogens is 1. The monoisotopic (exact) mass is 483 g/mol. The fourth-order valence-corrected chi connectivity index (χ4v) is 3.17. The largest absolute Gasteiger partial charge is 0.456 e. The number of benzene rings is 1. The molecule has 0 aliphatic carbocycles. The average Bonchev–Trinajstić information content (AvgIpc) is 3.07. The minimum atomic E-state index is -0.691. The van der Waals surface area contributed by atoms with Crippen LogP contribution in [0.4, 0.5) is 26.2 Å². The van der Waals surface area contributed by atoms with Crippen molar-refractivity contribution in [2.45, 2.75) is 20.0 Å². The lowest BCUT2D eigenvalue weighted by molar-refractivity contribution is -0.136. The second-order valence-corrected chi connectivity index (χ2v) is 7.83. The lowest BCUT2D eigenvalue weighted by atomic mass is 10.2. The Morgan fingerprint density at radius 3 is 2.76 bits per heavy atom. The second-order valence-electron chi connectivity index (χ2n) is 7.22. The van der Waals surface area contributed by atoms with E-state index in [0.29, 0.717) is 22.8 Å². The van der Waals surface area contributed by atoms with E-state index in [9.17, 15) is 18.8 Å². The first-order chi connectivity index (χ1) is 16.3. The fraction of sp³-hybridized carbons (Fsp3) is 0.250. The highest BCUT2D eigenvalue weighted by atomic mass is 32.1.